The SMILES string of the molecule is Cc1oc(-n2c(C)cc(/C=N\NC(=O)c3ccccc3Br)c2C)c(C#N)c1C. The molecule has 2 aromatic heterocycles. The summed E-state index contributed by atoms with van der Waals surface area (Å²) in [6.07, 6.45) is 1.59. The smallest absolute Gasteiger partial charge is 0.272 e. The van der Waals surface area contributed by atoms with Crippen LogP contribution in [0.25, 0.3) is 5.88 Å². The van der Waals surface area contributed by atoms with E-state index < -0.39 is 0 Å². The molecule has 0 aliphatic carbocycles. The minimum Gasteiger partial charge on any atom is -0.443 e. The van der Waals surface area contributed by atoms with Crippen molar-refractivity contribution >= 4 is 28.1 Å². The third-order valence-electron chi connectivity index (χ3n) is 4.64. The van der Waals surface area contributed by atoms with Gasteiger partial charge in [0, 0.05) is 27.0 Å². The number of hydrogen-bond donors (Lipinski definition) is 1. The molecule has 0 bridgehead atoms. The number of rotatable bonds is 4. The Kier molecular flexibility index (Phi) is 5.52. The molecule has 0 aliphatic rings. The van der Waals surface area contributed by atoms with E-state index in [-0.39, 0.29) is 5.91 Å². The molecule has 28 heavy (non-hydrogen) atoms. The molecule has 0 unspecified atom stereocenters. The first-order valence-corrected chi connectivity index (χ1v) is 9.41. The minimum atomic E-state index is -0.304. The summed E-state index contributed by atoms with van der Waals surface area (Å²) < 4.78 is 8.42. The number of nitriles is 1. The average Bonchev–Trinajstić information content (AvgIpc) is 3.10. The van der Waals surface area contributed by atoms with Gasteiger partial charge in [-0.15, -0.1) is 0 Å². The average molecular weight is 439 g/mol. The second kappa shape index (κ2) is 7.87. The Labute approximate surface area is 171 Å². The number of aryl methyl sites for hydroxylation is 2. The van der Waals surface area contributed by atoms with Gasteiger partial charge in [0.15, 0.2) is 0 Å². The van der Waals surface area contributed by atoms with Crippen LogP contribution in [0.15, 0.2) is 44.3 Å². The largest absolute Gasteiger partial charge is 0.443 e. The van der Waals surface area contributed by atoms with Crippen LogP contribution in [-0.2, 0) is 0 Å². The van der Waals surface area contributed by atoms with Crippen LogP contribution < -0.4 is 5.43 Å². The molecule has 0 saturated carbocycles. The van der Waals surface area contributed by atoms with Gasteiger partial charge in [-0.1, -0.05) is 12.1 Å². The van der Waals surface area contributed by atoms with E-state index in [1.54, 1.807) is 24.4 Å². The monoisotopic (exact) mass is 438 g/mol. The van der Waals surface area contributed by atoms with E-state index in [9.17, 15) is 10.1 Å². The third kappa shape index (κ3) is 3.51. The third-order valence-corrected chi connectivity index (χ3v) is 5.33. The standard InChI is InChI=1S/C21H19BrN4O2/c1-12-9-16(11-24-25-20(27)17-7-5-6-8-19(17)22)14(3)26(12)21-18(10-23)13(2)15(4)28-21/h5-9,11H,1-4H3,(H,25,27)/b24-11-. The van der Waals surface area contributed by atoms with Gasteiger partial charge in [-0.3, -0.25) is 9.36 Å². The highest BCUT2D eigenvalue weighted by Crippen LogP contribution is 2.28. The first-order chi connectivity index (χ1) is 13.3. The predicted octanol–water partition coefficient (Wildman–Crippen LogP) is 4.70. The maximum absolute atomic E-state index is 12.2. The molecule has 0 radical (unpaired) electrons. The summed E-state index contributed by atoms with van der Waals surface area (Å²) in [6, 6.07) is 11.3. The van der Waals surface area contributed by atoms with Gasteiger partial charge in [0.05, 0.1) is 11.8 Å². The number of aromatic nitrogens is 1. The van der Waals surface area contributed by atoms with Crippen LogP contribution in [0.3, 0.4) is 0 Å². The van der Waals surface area contributed by atoms with Crippen molar-refractivity contribution in [2.45, 2.75) is 27.7 Å². The van der Waals surface area contributed by atoms with Crippen molar-refractivity contribution in [2.75, 3.05) is 0 Å². The number of nitrogens with one attached hydrogen (secondary N) is 1. The van der Waals surface area contributed by atoms with Gasteiger partial charge in [-0.2, -0.15) is 10.4 Å². The molecule has 1 amide bonds. The van der Waals surface area contributed by atoms with E-state index in [1.165, 1.54) is 0 Å². The van der Waals surface area contributed by atoms with Crippen molar-refractivity contribution in [3.05, 3.63) is 74.2 Å². The zero-order chi connectivity index (χ0) is 20.4. The number of amides is 1. The van der Waals surface area contributed by atoms with Crippen LogP contribution in [0.4, 0.5) is 0 Å². The Balaban J connectivity index is 1.88. The Bertz CT molecular complexity index is 1130. The van der Waals surface area contributed by atoms with Crippen LogP contribution in [0, 0.1) is 39.0 Å². The maximum Gasteiger partial charge on any atom is 0.272 e. The number of halogens is 1. The number of benzene rings is 1. The highest BCUT2D eigenvalue weighted by molar-refractivity contribution is 9.10. The van der Waals surface area contributed by atoms with Gasteiger partial charge in [0.1, 0.15) is 17.4 Å². The normalized spacial score (nSPS) is 11.0. The van der Waals surface area contributed by atoms with Crippen molar-refractivity contribution in [1.82, 2.24) is 9.99 Å². The van der Waals surface area contributed by atoms with Crippen molar-refractivity contribution in [1.29, 1.82) is 5.26 Å². The number of hydrogen-bond acceptors (Lipinski definition) is 4. The van der Waals surface area contributed by atoms with E-state index in [2.05, 4.69) is 32.5 Å². The van der Waals surface area contributed by atoms with Crippen molar-refractivity contribution in [3.8, 4) is 12.0 Å². The van der Waals surface area contributed by atoms with Gasteiger partial charge in [0.2, 0.25) is 5.88 Å². The lowest BCUT2D eigenvalue weighted by atomic mass is 10.2. The second-order valence-corrected chi connectivity index (χ2v) is 7.27. The lowest BCUT2D eigenvalue weighted by Gasteiger charge is -2.06. The van der Waals surface area contributed by atoms with E-state index in [1.807, 2.05) is 44.4 Å². The summed E-state index contributed by atoms with van der Waals surface area (Å²) >= 11 is 3.35. The molecule has 1 aromatic carbocycles. The van der Waals surface area contributed by atoms with Gasteiger partial charge in [-0.05, 0) is 61.8 Å². The van der Waals surface area contributed by atoms with E-state index in [0.29, 0.717) is 21.5 Å². The molecule has 3 aromatic rings. The highest BCUT2D eigenvalue weighted by Gasteiger charge is 2.20. The number of carbonyl (C=O) groups is 1. The molecular formula is C21H19BrN4O2. The van der Waals surface area contributed by atoms with Crippen LogP contribution in [0.1, 0.15) is 44.2 Å². The predicted molar refractivity (Wildman–Crippen MR) is 111 cm³/mol. The first-order valence-electron chi connectivity index (χ1n) is 8.62. The van der Waals surface area contributed by atoms with E-state index in [0.717, 1.165) is 28.3 Å². The summed E-state index contributed by atoms with van der Waals surface area (Å²) in [5.74, 6) is 0.918. The molecule has 6 nitrogen and oxygen atoms in total. The summed E-state index contributed by atoms with van der Waals surface area (Å²) in [4.78, 5) is 12.2. The topological polar surface area (TPSA) is 83.3 Å². The van der Waals surface area contributed by atoms with Gasteiger partial charge < -0.3 is 4.42 Å². The molecule has 0 saturated heterocycles. The zero-order valence-electron chi connectivity index (χ0n) is 16.0. The second-order valence-electron chi connectivity index (χ2n) is 6.42. The summed E-state index contributed by atoms with van der Waals surface area (Å²) in [5.41, 5.74) is 6.98. The van der Waals surface area contributed by atoms with Crippen LogP contribution in [0.2, 0.25) is 0 Å². The Morgan fingerprint density at radius 3 is 2.68 bits per heavy atom. The molecule has 0 aliphatic heterocycles. The highest BCUT2D eigenvalue weighted by atomic mass is 79.9. The van der Waals surface area contributed by atoms with Crippen LogP contribution in [-0.4, -0.2) is 16.7 Å². The molecule has 0 fully saturated rings. The van der Waals surface area contributed by atoms with Gasteiger partial charge in [-0.25, -0.2) is 5.43 Å². The summed E-state index contributed by atoms with van der Waals surface area (Å²) in [6.45, 7) is 7.55. The molecule has 2 heterocycles. The fraction of sp³-hybridized carbons (Fsp3) is 0.190. The molecule has 3 rings (SSSR count). The Morgan fingerprint density at radius 1 is 1.29 bits per heavy atom. The molecule has 142 valence electrons. The fourth-order valence-electron chi connectivity index (χ4n) is 3.00. The van der Waals surface area contributed by atoms with Crippen molar-refractivity contribution in [2.24, 2.45) is 5.10 Å². The molecule has 1 N–H and O–H groups in total. The Hall–Kier alpha value is -3.11. The van der Waals surface area contributed by atoms with Crippen molar-refractivity contribution in [3.63, 3.8) is 0 Å². The van der Waals surface area contributed by atoms with Crippen molar-refractivity contribution < 1.29 is 9.21 Å². The number of hydrazone groups is 1. The molecule has 0 atom stereocenters. The lowest BCUT2D eigenvalue weighted by Crippen LogP contribution is -2.18. The van der Waals surface area contributed by atoms with Crippen LogP contribution >= 0.6 is 15.9 Å². The molecule has 7 heteroatoms. The van der Waals surface area contributed by atoms with Gasteiger partial charge in [0.25, 0.3) is 5.91 Å². The fourth-order valence-corrected chi connectivity index (χ4v) is 3.46. The number of carbonyl (C=O) groups excluding carboxylic acids is 1. The molecule has 0 spiro atoms. The maximum atomic E-state index is 12.2. The summed E-state index contributed by atoms with van der Waals surface area (Å²) in [5, 5.41) is 13.6. The minimum absolute atomic E-state index is 0.304. The number of furan rings is 1. The molecular weight excluding hydrogens is 420 g/mol. The zero-order valence-corrected chi connectivity index (χ0v) is 17.6. The Morgan fingerprint density at radius 2 is 2.00 bits per heavy atom. The first kappa shape index (κ1) is 19.6. The van der Waals surface area contributed by atoms with Crippen LogP contribution in [0.5, 0.6) is 0 Å². The van der Waals surface area contributed by atoms with E-state index in [4.69, 9.17) is 4.42 Å². The number of nitrogens with zero attached hydrogens (tertiary/aromatic N) is 3. The quantitative estimate of drug-likeness (QED) is 0.473. The summed E-state index contributed by atoms with van der Waals surface area (Å²) in [7, 11) is 0. The van der Waals surface area contributed by atoms with Gasteiger partial charge >= 0.3 is 0 Å². The van der Waals surface area contributed by atoms with E-state index >= 15 is 0 Å². The lowest BCUT2D eigenvalue weighted by molar-refractivity contribution is 0.0954.